The molecule has 3 aromatic rings. The molecule has 26 heavy (non-hydrogen) atoms. The Morgan fingerprint density at radius 1 is 1.15 bits per heavy atom. The Kier molecular flexibility index (Phi) is 4.24. The fourth-order valence-corrected chi connectivity index (χ4v) is 3.26. The van der Waals surface area contributed by atoms with Crippen LogP contribution in [0.4, 0.5) is 15.9 Å². The number of benzene rings is 1. The summed E-state index contributed by atoms with van der Waals surface area (Å²) in [6.45, 7) is 3.80. The molecule has 1 N–H and O–H groups in total. The summed E-state index contributed by atoms with van der Waals surface area (Å²) in [6, 6.07) is 9.87. The number of halogens is 1. The number of rotatable bonds is 3. The Balaban J connectivity index is 1.55. The average Bonchev–Trinajstić information content (AvgIpc) is 3.16. The first-order valence-corrected chi connectivity index (χ1v) is 8.69. The van der Waals surface area contributed by atoms with Crippen LogP contribution >= 0.6 is 0 Å². The molecule has 0 atom stereocenters. The second-order valence-corrected chi connectivity index (χ2v) is 6.51. The summed E-state index contributed by atoms with van der Waals surface area (Å²) in [5, 5.41) is 3.59. The van der Waals surface area contributed by atoms with Crippen molar-refractivity contribution in [3.05, 3.63) is 59.7 Å². The van der Waals surface area contributed by atoms with E-state index in [-0.39, 0.29) is 11.7 Å². The highest BCUT2D eigenvalue weighted by molar-refractivity contribution is 6.06. The standard InChI is InChI=1S/C20H19FN4O/c1-13-17(10-14-4-5-15(21)11-18(14)23-13)20(26)24-16-6-7-19(22-12-16)25-8-2-3-9-25/h4-7,10-12H,2-3,8-9H2,1H3,(H,24,26). The molecule has 0 aliphatic carbocycles. The van der Waals surface area contributed by atoms with E-state index in [0.29, 0.717) is 22.5 Å². The second-order valence-electron chi connectivity index (χ2n) is 6.51. The van der Waals surface area contributed by atoms with Gasteiger partial charge in [-0.3, -0.25) is 9.78 Å². The molecular formula is C20H19FN4O. The molecule has 0 radical (unpaired) electrons. The van der Waals surface area contributed by atoms with Gasteiger partial charge in [-0.25, -0.2) is 9.37 Å². The first kappa shape index (κ1) is 16.4. The van der Waals surface area contributed by atoms with Crippen molar-refractivity contribution >= 4 is 28.3 Å². The van der Waals surface area contributed by atoms with E-state index < -0.39 is 0 Å². The van der Waals surface area contributed by atoms with Crippen LogP contribution in [-0.2, 0) is 0 Å². The summed E-state index contributed by atoms with van der Waals surface area (Å²) < 4.78 is 13.3. The summed E-state index contributed by atoms with van der Waals surface area (Å²) in [5.74, 6) is 0.341. The Bertz CT molecular complexity index is 965. The van der Waals surface area contributed by atoms with Crippen LogP contribution in [0.3, 0.4) is 0 Å². The molecule has 5 nitrogen and oxygen atoms in total. The normalized spacial score (nSPS) is 14.0. The van der Waals surface area contributed by atoms with E-state index >= 15 is 0 Å². The lowest BCUT2D eigenvalue weighted by Crippen LogP contribution is -2.19. The molecule has 132 valence electrons. The van der Waals surface area contributed by atoms with Gasteiger partial charge in [0.25, 0.3) is 5.91 Å². The van der Waals surface area contributed by atoms with Crippen LogP contribution in [0.2, 0.25) is 0 Å². The van der Waals surface area contributed by atoms with Gasteiger partial charge in [-0.05, 0) is 50.1 Å². The van der Waals surface area contributed by atoms with Gasteiger partial charge in [0.05, 0.1) is 28.7 Å². The van der Waals surface area contributed by atoms with Crippen LogP contribution in [0, 0.1) is 12.7 Å². The van der Waals surface area contributed by atoms with Gasteiger partial charge >= 0.3 is 0 Å². The van der Waals surface area contributed by atoms with Crippen LogP contribution in [0.25, 0.3) is 10.9 Å². The molecule has 1 aromatic carbocycles. The maximum Gasteiger partial charge on any atom is 0.257 e. The molecule has 4 rings (SSSR count). The summed E-state index contributed by atoms with van der Waals surface area (Å²) >= 11 is 0. The zero-order valence-electron chi connectivity index (χ0n) is 14.5. The monoisotopic (exact) mass is 350 g/mol. The minimum atomic E-state index is -0.342. The number of carbonyl (C=O) groups is 1. The second kappa shape index (κ2) is 6.71. The maximum atomic E-state index is 13.3. The number of fused-ring (bicyclic) bond motifs is 1. The molecule has 2 aromatic heterocycles. The summed E-state index contributed by atoms with van der Waals surface area (Å²) in [5.41, 5.74) is 2.20. The molecule has 3 heterocycles. The van der Waals surface area contributed by atoms with Crippen LogP contribution in [0.5, 0.6) is 0 Å². The lowest BCUT2D eigenvalue weighted by atomic mass is 10.1. The van der Waals surface area contributed by atoms with Crippen LogP contribution in [-0.4, -0.2) is 29.0 Å². The summed E-state index contributed by atoms with van der Waals surface area (Å²) in [6.07, 6.45) is 4.06. The van der Waals surface area contributed by atoms with Crippen molar-refractivity contribution in [1.29, 1.82) is 0 Å². The van der Waals surface area contributed by atoms with E-state index in [4.69, 9.17) is 0 Å². The lowest BCUT2D eigenvalue weighted by molar-refractivity contribution is 0.102. The van der Waals surface area contributed by atoms with Crippen LogP contribution < -0.4 is 10.2 Å². The summed E-state index contributed by atoms with van der Waals surface area (Å²) in [4.78, 5) is 23.6. The third-order valence-corrected chi connectivity index (χ3v) is 4.65. The molecule has 0 bridgehead atoms. The smallest absolute Gasteiger partial charge is 0.257 e. The largest absolute Gasteiger partial charge is 0.357 e. The fourth-order valence-electron chi connectivity index (χ4n) is 3.26. The quantitative estimate of drug-likeness (QED) is 0.778. The van der Waals surface area contributed by atoms with Gasteiger partial charge in [0, 0.05) is 24.5 Å². The van der Waals surface area contributed by atoms with Crippen molar-refractivity contribution in [2.45, 2.75) is 19.8 Å². The number of aryl methyl sites for hydroxylation is 1. The van der Waals surface area contributed by atoms with E-state index in [1.807, 2.05) is 12.1 Å². The van der Waals surface area contributed by atoms with Gasteiger partial charge in [0.15, 0.2) is 0 Å². The molecular weight excluding hydrogens is 331 g/mol. The molecule has 1 amide bonds. The van der Waals surface area contributed by atoms with Crippen molar-refractivity contribution in [3.63, 3.8) is 0 Å². The Hall–Kier alpha value is -3.02. The Morgan fingerprint density at radius 2 is 1.96 bits per heavy atom. The molecule has 1 aliphatic rings. The number of anilines is 2. The Labute approximate surface area is 150 Å². The van der Waals surface area contributed by atoms with E-state index in [1.165, 1.54) is 25.0 Å². The highest BCUT2D eigenvalue weighted by atomic mass is 19.1. The highest BCUT2D eigenvalue weighted by Crippen LogP contribution is 2.21. The predicted molar refractivity (Wildman–Crippen MR) is 100 cm³/mol. The zero-order chi connectivity index (χ0) is 18.1. The van der Waals surface area contributed by atoms with E-state index in [2.05, 4.69) is 20.2 Å². The van der Waals surface area contributed by atoms with E-state index in [0.717, 1.165) is 24.3 Å². The van der Waals surface area contributed by atoms with Gasteiger partial charge in [0.1, 0.15) is 11.6 Å². The maximum absolute atomic E-state index is 13.3. The third kappa shape index (κ3) is 3.22. The number of amides is 1. The fraction of sp³-hybridized carbons (Fsp3) is 0.250. The number of hydrogen-bond acceptors (Lipinski definition) is 4. The van der Waals surface area contributed by atoms with Crippen molar-refractivity contribution in [1.82, 2.24) is 9.97 Å². The molecule has 6 heteroatoms. The first-order valence-electron chi connectivity index (χ1n) is 8.69. The molecule has 0 unspecified atom stereocenters. The third-order valence-electron chi connectivity index (χ3n) is 4.65. The first-order chi connectivity index (χ1) is 12.6. The van der Waals surface area contributed by atoms with Crippen molar-refractivity contribution < 1.29 is 9.18 Å². The number of nitrogens with one attached hydrogen (secondary N) is 1. The molecule has 0 spiro atoms. The van der Waals surface area contributed by atoms with Gasteiger partial charge in [-0.15, -0.1) is 0 Å². The molecule has 1 fully saturated rings. The average molecular weight is 350 g/mol. The van der Waals surface area contributed by atoms with E-state index in [1.54, 1.807) is 25.3 Å². The molecule has 1 saturated heterocycles. The van der Waals surface area contributed by atoms with Gasteiger partial charge in [-0.1, -0.05) is 0 Å². The van der Waals surface area contributed by atoms with Gasteiger partial charge in [0.2, 0.25) is 0 Å². The van der Waals surface area contributed by atoms with Gasteiger partial charge < -0.3 is 10.2 Å². The van der Waals surface area contributed by atoms with Crippen LogP contribution in [0.15, 0.2) is 42.6 Å². The number of hydrogen-bond donors (Lipinski definition) is 1. The number of pyridine rings is 2. The number of carbonyl (C=O) groups excluding carboxylic acids is 1. The molecule has 1 aliphatic heterocycles. The highest BCUT2D eigenvalue weighted by Gasteiger charge is 2.15. The minimum Gasteiger partial charge on any atom is -0.357 e. The lowest BCUT2D eigenvalue weighted by Gasteiger charge is -2.16. The van der Waals surface area contributed by atoms with Crippen molar-refractivity contribution in [2.24, 2.45) is 0 Å². The zero-order valence-corrected chi connectivity index (χ0v) is 14.5. The molecule has 0 saturated carbocycles. The SMILES string of the molecule is Cc1nc2cc(F)ccc2cc1C(=O)Nc1ccc(N2CCCC2)nc1. The number of nitrogens with zero attached hydrogens (tertiary/aromatic N) is 3. The van der Waals surface area contributed by atoms with Crippen molar-refractivity contribution in [2.75, 3.05) is 23.3 Å². The predicted octanol–water partition coefficient (Wildman–Crippen LogP) is 3.93. The van der Waals surface area contributed by atoms with E-state index in [9.17, 15) is 9.18 Å². The van der Waals surface area contributed by atoms with Gasteiger partial charge in [-0.2, -0.15) is 0 Å². The Morgan fingerprint density at radius 3 is 2.69 bits per heavy atom. The minimum absolute atomic E-state index is 0.253. The number of aromatic nitrogens is 2. The topological polar surface area (TPSA) is 58.1 Å². The van der Waals surface area contributed by atoms with Crippen LogP contribution in [0.1, 0.15) is 28.9 Å². The summed E-state index contributed by atoms with van der Waals surface area (Å²) in [7, 11) is 0. The van der Waals surface area contributed by atoms with Crippen molar-refractivity contribution in [3.8, 4) is 0 Å².